The monoisotopic (exact) mass is 302 g/mol. The summed E-state index contributed by atoms with van der Waals surface area (Å²) in [5.41, 5.74) is 9.12. The lowest BCUT2D eigenvalue weighted by atomic mass is 9.97. The van der Waals surface area contributed by atoms with E-state index < -0.39 is 0 Å². The second kappa shape index (κ2) is 5.30. The van der Waals surface area contributed by atoms with Crippen molar-refractivity contribution in [2.45, 2.75) is 13.0 Å². The second-order valence-electron chi connectivity index (χ2n) is 5.12. The zero-order valence-corrected chi connectivity index (χ0v) is 12.1. The first kappa shape index (κ1) is 13.8. The van der Waals surface area contributed by atoms with Crippen LogP contribution in [0.4, 0.5) is 5.69 Å². The maximum atomic E-state index is 12.5. The highest BCUT2D eigenvalue weighted by atomic mass is 35.5. The number of hydrogen-bond acceptors (Lipinski definition) is 3. The van der Waals surface area contributed by atoms with Gasteiger partial charge in [-0.2, -0.15) is 0 Å². The third-order valence-corrected chi connectivity index (χ3v) is 4.02. The molecule has 0 spiro atoms. The van der Waals surface area contributed by atoms with E-state index in [9.17, 15) is 9.90 Å². The van der Waals surface area contributed by atoms with Gasteiger partial charge in [0, 0.05) is 23.8 Å². The molecule has 1 aliphatic heterocycles. The first-order chi connectivity index (χ1) is 10.1. The van der Waals surface area contributed by atoms with Gasteiger partial charge in [-0.3, -0.25) is 4.79 Å². The van der Waals surface area contributed by atoms with Crippen molar-refractivity contribution in [2.75, 3.05) is 12.3 Å². The Morgan fingerprint density at radius 1 is 1.29 bits per heavy atom. The molecule has 3 N–H and O–H groups in total. The quantitative estimate of drug-likeness (QED) is 0.796. The fraction of sp³-hybridized carbons (Fsp3) is 0.188. The first-order valence-electron chi connectivity index (χ1n) is 6.70. The molecule has 0 aromatic heterocycles. The van der Waals surface area contributed by atoms with Gasteiger partial charge < -0.3 is 15.7 Å². The average molecular weight is 303 g/mol. The van der Waals surface area contributed by atoms with Crippen LogP contribution in [-0.4, -0.2) is 22.5 Å². The molecule has 0 bridgehead atoms. The van der Waals surface area contributed by atoms with Gasteiger partial charge in [0.15, 0.2) is 0 Å². The van der Waals surface area contributed by atoms with Crippen LogP contribution in [0.1, 0.15) is 21.5 Å². The van der Waals surface area contributed by atoms with E-state index in [1.54, 1.807) is 17.0 Å². The molecule has 4 nitrogen and oxygen atoms in total. The van der Waals surface area contributed by atoms with Crippen molar-refractivity contribution >= 4 is 23.2 Å². The number of nitrogens with two attached hydrogens (primary N) is 1. The molecule has 108 valence electrons. The molecular formula is C16H15ClN2O2. The van der Waals surface area contributed by atoms with Crippen molar-refractivity contribution in [3.05, 3.63) is 58.1 Å². The van der Waals surface area contributed by atoms with E-state index in [2.05, 4.69) is 0 Å². The number of carbonyl (C=O) groups excluding carboxylic acids is 1. The predicted molar refractivity (Wildman–Crippen MR) is 82.4 cm³/mol. The first-order valence-corrected chi connectivity index (χ1v) is 7.08. The van der Waals surface area contributed by atoms with Gasteiger partial charge in [-0.05, 0) is 41.8 Å². The Morgan fingerprint density at radius 3 is 2.86 bits per heavy atom. The maximum absolute atomic E-state index is 12.5. The van der Waals surface area contributed by atoms with Crippen LogP contribution in [0, 0.1) is 0 Å². The molecule has 1 aliphatic rings. The smallest absolute Gasteiger partial charge is 0.257 e. The number of nitrogens with zero attached hydrogens (tertiary/aromatic N) is 1. The van der Waals surface area contributed by atoms with E-state index in [1.807, 2.05) is 18.2 Å². The Morgan fingerprint density at radius 2 is 2.10 bits per heavy atom. The fourth-order valence-electron chi connectivity index (χ4n) is 2.64. The summed E-state index contributed by atoms with van der Waals surface area (Å²) < 4.78 is 0. The molecular weight excluding hydrogens is 288 g/mol. The molecule has 1 heterocycles. The van der Waals surface area contributed by atoms with Crippen molar-refractivity contribution in [3.63, 3.8) is 0 Å². The van der Waals surface area contributed by atoms with Gasteiger partial charge in [-0.15, -0.1) is 0 Å². The second-order valence-corrected chi connectivity index (χ2v) is 5.56. The molecule has 2 aromatic carbocycles. The minimum atomic E-state index is -0.210. The number of nitrogen functional groups attached to an aromatic ring is 1. The summed E-state index contributed by atoms with van der Waals surface area (Å²) in [6, 6.07) is 10.3. The number of rotatable bonds is 1. The Kier molecular flexibility index (Phi) is 3.47. The Bertz CT molecular complexity index is 715. The average Bonchev–Trinajstić information content (AvgIpc) is 2.47. The van der Waals surface area contributed by atoms with Crippen LogP contribution >= 0.6 is 11.6 Å². The highest BCUT2D eigenvalue weighted by Gasteiger charge is 2.24. The number of phenolic OH excluding ortho intramolecular Hbond substituents is 1. The molecule has 0 fully saturated rings. The van der Waals surface area contributed by atoms with Crippen LogP contribution < -0.4 is 5.73 Å². The van der Waals surface area contributed by atoms with E-state index in [4.69, 9.17) is 17.3 Å². The lowest BCUT2D eigenvalue weighted by molar-refractivity contribution is 0.0732. The zero-order chi connectivity index (χ0) is 15.0. The summed E-state index contributed by atoms with van der Waals surface area (Å²) in [5, 5.41) is 10.3. The van der Waals surface area contributed by atoms with Crippen LogP contribution in [0.3, 0.4) is 0 Å². The minimum absolute atomic E-state index is 0.0978. The number of anilines is 1. The van der Waals surface area contributed by atoms with Crippen LogP contribution in [0.15, 0.2) is 36.4 Å². The van der Waals surface area contributed by atoms with Gasteiger partial charge in [0.2, 0.25) is 0 Å². The Labute approximate surface area is 127 Å². The standard InChI is InChI=1S/C16H15ClN2O2/c17-11-4-5-12(15(20)8-11)16(21)19-7-6-10-2-1-3-14(18)13(10)9-19/h1-5,8,20H,6-7,9,18H2. The van der Waals surface area contributed by atoms with Crippen molar-refractivity contribution in [3.8, 4) is 5.75 Å². The largest absolute Gasteiger partial charge is 0.507 e. The van der Waals surface area contributed by atoms with Gasteiger partial charge in [-0.1, -0.05) is 23.7 Å². The van der Waals surface area contributed by atoms with E-state index in [-0.39, 0.29) is 17.2 Å². The van der Waals surface area contributed by atoms with Gasteiger partial charge >= 0.3 is 0 Å². The van der Waals surface area contributed by atoms with Crippen molar-refractivity contribution in [1.82, 2.24) is 4.90 Å². The summed E-state index contributed by atoms with van der Waals surface area (Å²) in [7, 11) is 0. The van der Waals surface area contributed by atoms with Crippen LogP contribution in [0.2, 0.25) is 5.02 Å². The molecule has 1 amide bonds. The highest BCUT2D eigenvalue weighted by Crippen LogP contribution is 2.28. The maximum Gasteiger partial charge on any atom is 0.257 e. The number of amides is 1. The molecule has 21 heavy (non-hydrogen) atoms. The molecule has 2 aromatic rings. The molecule has 0 radical (unpaired) electrons. The minimum Gasteiger partial charge on any atom is -0.507 e. The number of fused-ring (bicyclic) bond motifs is 1. The predicted octanol–water partition coefficient (Wildman–Crippen LogP) is 2.83. The molecule has 5 heteroatoms. The third-order valence-electron chi connectivity index (χ3n) is 3.79. The highest BCUT2D eigenvalue weighted by molar-refractivity contribution is 6.30. The van der Waals surface area contributed by atoms with Gasteiger partial charge in [0.05, 0.1) is 5.56 Å². The molecule has 0 saturated carbocycles. The Hall–Kier alpha value is -2.20. The van der Waals surface area contributed by atoms with Crippen molar-refractivity contribution in [1.29, 1.82) is 0 Å². The van der Waals surface area contributed by atoms with Crippen molar-refractivity contribution < 1.29 is 9.90 Å². The number of benzene rings is 2. The summed E-state index contributed by atoms with van der Waals surface area (Å²) >= 11 is 5.79. The zero-order valence-electron chi connectivity index (χ0n) is 11.3. The van der Waals surface area contributed by atoms with Gasteiger partial charge in [-0.25, -0.2) is 0 Å². The Balaban J connectivity index is 1.89. The SMILES string of the molecule is Nc1cccc2c1CN(C(=O)c1ccc(Cl)cc1O)CC2. The summed E-state index contributed by atoms with van der Waals surface area (Å²) in [6.07, 6.45) is 0.764. The molecule has 0 atom stereocenters. The fourth-order valence-corrected chi connectivity index (χ4v) is 2.80. The summed E-state index contributed by atoms with van der Waals surface area (Å²) in [4.78, 5) is 14.2. The van der Waals surface area contributed by atoms with E-state index in [0.29, 0.717) is 23.8 Å². The molecule has 0 unspecified atom stereocenters. The van der Waals surface area contributed by atoms with E-state index in [0.717, 1.165) is 12.0 Å². The number of aromatic hydroxyl groups is 1. The lowest BCUT2D eigenvalue weighted by Crippen LogP contribution is -2.36. The summed E-state index contributed by atoms with van der Waals surface area (Å²) in [5.74, 6) is -0.308. The van der Waals surface area contributed by atoms with Crippen molar-refractivity contribution in [2.24, 2.45) is 0 Å². The summed E-state index contributed by atoms with van der Waals surface area (Å²) in [6.45, 7) is 1.07. The van der Waals surface area contributed by atoms with Gasteiger partial charge in [0.25, 0.3) is 5.91 Å². The molecule has 0 saturated heterocycles. The van der Waals surface area contributed by atoms with Crippen LogP contribution in [0.25, 0.3) is 0 Å². The van der Waals surface area contributed by atoms with Crippen LogP contribution in [0.5, 0.6) is 5.75 Å². The normalized spacial score (nSPS) is 13.9. The number of phenols is 1. The van der Waals surface area contributed by atoms with E-state index in [1.165, 1.54) is 11.6 Å². The number of hydrogen-bond donors (Lipinski definition) is 2. The molecule has 3 rings (SSSR count). The topological polar surface area (TPSA) is 66.6 Å². The number of carbonyl (C=O) groups is 1. The van der Waals surface area contributed by atoms with Crippen LogP contribution in [-0.2, 0) is 13.0 Å². The van der Waals surface area contributed by atoms with Gasteiger partial charge in [0.1, 0.15) is 5.75 Å². The number of halogens is 1. The molecule has 0 aliphatic carbocycles. The van der Waals surface area contributed by atoms with E-state index >= 15 is 0 Å². The lowest BCUT2D eigenvalue weighted by Gasteiger charge is -2.30. The third kappa shape index (κ3) is 2.54.